The third-order valence-electron chi connectivity index (χ3n) is 4.12. The highest BCUT2D eigenvalue weighted by molar-refractivity contribution is 7.71. The van der Waals surface area contributed by atoms with E-state index < -0.39 is 0 Å². The van der Waals surface area contributed by atoms with Crippen molar-refractivity contribution in [3.05, 3.63) is 33.2 Å². The summed E-state index contributed by atoms with van der Waals surface area (Å²) in [6.07, 6.45) is 2.56. The molecule has 0 fully saturated rings. The fraction of sp³-hybridized carbons (Fsp3) is 0.467. The molecule has 0 saturated heterocycles. The number of carbonyl (C=O) groups is 2. The van der Waals surface area contributed by atoms with Crippen molar-refractivity contribution in [1.82, 2.24) is 20.1 Å². The van der Waals surface area contributed by atoms with Crippen molar-refractivity contribution in [3.8, 4) is 0 Å². The molecule has 0 aromatic carbocycles. The maximum absolute atomic E-state index is 12.3. The van der Waals surface area contributed by atoms with E-state index in [-0.39, 0.29) is 17.5 Å². The zero-order chi connectivity index (χ0) is 16.6. The smallest absolute Gasteiger partial charge is 0.287 e. The number of nitrogens with zero attached hydrogens (tertiary/aromatic N) is 2. The highest BCUT2D eigenvalue weighted by atomic mass is 32.1. The van der Waals surface area contributed by atoms with Crippen LogP contribution in [0.3, 0.4) is 0 Å². The fourth-order valence-electron chi connectivity index (χ4n) is 2.84. The van der Waals surface area contributed by atoms with Gasteiger partial charge in [0.15, 0.2) is 16.3 Å². The van der Waals surface area contributed by atoms with Gasteiger partial charge >= 0.3 is 0 Å². The van der Waals surface area contributed by atoms with Crippen molar-refractivity contribution in [2.24, 2.45) is 7.05 Å². The Morgan fingerprint density at radius 3 is 2.91 bits per heavy atom. The topological polar surface area (TPSA) is 92.9 Å². The summed E-state index contributed by atoms with van der Waals surface area (Å²) in [5, 5.41) is 9.60. The first-order valence-corrected chi connectivity index (χ1v) is 7.93. The summed E-state index contributed by atoms with van der Waals surface area (Å²) in [5.41, 5.74) is 1.23. The predicted molar refractivity (Wildman–Crippen MR) is 85.1 cm³/mol. The lowest BCUT2D eigenvalue weighted by atomic mass is 9.94. The number of aromatic amines is 1. The number of aromatic nitrogens is 3. The molecule has 1 amide bonds. The number of furan rings is 1. The van der Waals surface area contributed by atoms with Gasteiger partial charge in [0.25, 0.3) is 5.91 Å². The van der Waals surface area contributed by atoms with Crippen LogP contribution in [0.5, 0.6) is 0 Å². The number of aryl methyl sites for hydroxylation is 1. The fourth-order valence-corrected chi connectivity index (χ4v) is 2.99. The highest BCUT2D eigenvalue weighted by Crippen LogP contribution is 2.29. The zero-order valence-corrected chi connectivity index (χ0v) is 13.9. The summed E-state index contributed by atoms with van der Waals surface area (Å²) < 4.78 is 7.93. The molecule has 0 saturated carbocycles. The third-order valence-corrected chi connectivity index (χ3v) is 4.48. The van der Waals surface area contributed by atoms with Crippen LogP contribution in [0.1, 0.15) is 50.9 Å². The Labute approximate surface area is 138 Å². The van der Waals surface area contributed by atoms with Crippen LogP contribution in [0.15, 0.2) is 4.42 Å². The van der Waals surface area contributed by atoms with E-state index >= 15 is 0 Å². The summed E-state index contributed by atoms with van der Waals surface area (Å²) in [6, 6.07) is 0. The summed E-state index contributed by atoms with van der Waals surface area (Å²) in [7, 11) is 1.82. The van der Waals surface area contributed by atoms with Gasteiger partial charge in [-0.25, -0.2) is 0 Å². The minimum atomic E-state index is -0.304. The molecule has 2 aromatic rings. The average molecular weight is 334 g/mol. The van der Waals surface area contributed by atoms with Gasteiger partial charge in [0.2, 0.25) is 0 Å². The Bertz CT molecular complexity index is 830. The van der Waals surface area contributed by atoms with Crippen LogP contribution < -0.4 is 5.32 Å². The standard InChI is InChI=1S/C15H18N4O3S/c1-8-12-9(20)4-3-5-10(12)22-13(8)14(21)16-7-6-11-17-18-15(23)19(11)2/h3-7H2,1-2H3,(H,16,21)(H,18,23). The van der Waals surface area contributed by atoms with Gasteiger partial charge in [-0.2, -0.15) is 5.10 Å². The summed E-state index contributed by atoms with van der Waals surface area (Å²) in [5.74, 6) is 1.40. The molecule has 0 bridgehead atoms. The number of hydrogen-bond acceptors (Lipinski definition) is 5. The molecule has 23 heavy (non-hydrogen) atoms. The molecule has 1 aliphatic carbocycles. The molecular formula is C15H18N4O3S. The Morgan fingerprint density at radius 2 is 2.26 bits per heavy atom. The Morgan fingerprint density at radius 1 is 1.48 bits per heavy atom. The molecule has 0 atom stereocenters. The number of H-pyrrole nitrogens is 1. The molecule has 0 radical (unpaired) electrons. The molecule has 0 unspecified atom stereocenters. The first kappa shape index (κ1) is 15.7. The van der Waals surface area contributed by atoms with Gasteiger partial charge in [0, 0.05) is 38.4 Å². The molecule has 2 aromatic heterocycles. The maximum Gasteiger partial charge on any atom is 0.287 e. The molecule has 7 nitrogen and oxygen atoms in total. The van der Waals surface area contributed by atoms with E-state index in [1.807, 2.05) is 7.05 Å². The first-order chi connectivity index (χ1) is 11.0. The second-order valence-corrected chi connectivity index (χ2v) is 6.03. The van der Waals surface area contributed by atoms with Gasteiger partial charge in [-0.1, -0.05) is 0 Å². The first-order valence-electron chi connectivity index (χ1n) is 7.53. The van der Waals surface area contributed by atoms with Crippen molar-refractivity contribution in [3.63, 3.8) is 0 Å². The average Bonchev–Trinajstić information content (AvgIpc) is 3.02. The second kappa shape index (κ2) is 6.11. The number of hydrogen-bond donors (Lipinski definition) is 2. The molecule has 8 heteroatoms. The molecule has 1 aliphatic rings. The number of carbonyl (C=O) groups excluding carboxylic acids is 2. The number of Topliss-reactive ketones (excluding diaryl/α,β-unsaturated/α-hetero) is 1. The largest absolute Gasteiger partial charge is 0.455 e. The van der Waals surface area contributed by atoms with E-state index in [2.05, 4.69) is 15.5 Å². The van der Waals surface area contributed by atoms with Crippen LogP contribution >= 0.6 is 12.2 Å². The van der Waals surface area contributed by atoms with Gasteiger partial charge in [-0.3, -0.25) is 14.7 Å². The quantitative estimate of drug-likeness (QED) is 0.833. The Balaban J connectivity index is 1.68. The highest BCUT2D eigenvalue weighted by Gasteiger charge is 2.28. The molecule has 3 rings (SSSR count). The van der Waals surface area contributed by atoms with E-state index in [0.29, 0.717) is 47.5 Å². The van der Waals surface area contributed by atoms with Crippen molar-refractivity contribution in [2.45, 2.75) is 32.6 Å². The van der Waals surface area contributed by atoms with Gasteiger partial charge in [-0.05, 0) is 25.6 Å². The summed E-state index contributed by atoms with van der Waals surface area (Å²) >= 11 is 5.04. The molecule has 0 spiro atoms. The summed E-state index contributed by atoms with van der Waals surface area (Å²) in [4.78, 5) is 24.3. The molecule has 122 valence electrons. The zero-order valence-electron chi connectivity index (χ0n) is 13.1. The summed E-state index contributed by atoms with van der Waals surface area (Å²) in [6.45, 7) is 2.17. The van der Waals surface area contributed by atoms with Crippen molar-refractivity contribution in [2.75, 3.05) is 6.54 Å². The number of fused-ring (bicyclic) bond motifs is 1. The van der Waals surface area contributed by atoms with E-state index in [1.54, 1.807) is 11.5 Å². The van der Waals surface area contributed by atoms with Gasteiger partial charge < -0.3 is 14.3 Å². The molecule has 2 heterocycles. The Kier molecular flexibility index (Phi) is 4.16. The number of ketones is 1. The molecular weight excluding hydrogens is 316 g/mol. The van der Waals surface area contributed by atoms with Gasteiger partial charge in [0.05, 0.1) is 5.56 Å². The van der Waals surface area contributed by atoms with E-state index in [4.69, 9.17) is 16.6 Å². The van der Waals surface area contributed by atoms with Gasteiger partial charge in [0.1, 0.15) is 11.6 Å². The van der Waals surface area contributed by atoms with Gasteiger partial charge in [-0.15, -0.1) is 0 Å². The second-order valence-electron chi connectivity index (χ2n) is 5.64. The number of nitrogens with one attached hydrogen (secondary N) is 2. The minimum absolute atomic E-state index is 0.0630. The van der Waals surface area contributed by atoms with Crippen molar-refractivity contribution < 1.29 is 14.0 Å². The lowest BCUT2D eigenvalue weighted by Gasteiger charge is -2.07. The van der Waals surface area contributed by atoms with Crippen molar-refractivity contribution >= 4 is 23.9 Å². The third kappa shape index (κ3) is 2.86. The Hall–Kier alpha value is -2.22. The minimum Gasteiger partial charge on any atom is -0.455 e. The SMILES string of the molecule is Cc1c(C(=O)NCCc2n[nH]c(=S)n2C)oc2c1C(=O)CCC2. The number of rotatable bonds is 4. The van der Waals surface area contributed by atoms with Crippen LogP contribution in [0.4, 0.5) is 0 Å². The van der Waals surface area contributed by atoms with Crippen LogP contribution in [-0.2, 0) is 19.9 Å². The van der Waals surface area contributed by atoms with E-state index in [1.165, 1.54) is 0 Å². The lowest BCUT2D eigenvalue weighted by molar-refractivity contribution is 0.0919. The van der Waals surface area contributed by atoms with Crippen LogP contribution in [0, 0.1) is 11.7 Å². The van der Waals surface area contributed by atoms with Crippen LogP contribution in [0.25, 0.3) is 0 Å². The van der Waals surface area contributed by atoms with Crippen LogP contribution in [0.2, 0.25) is 0 Å². The molecule has 0 aliphatic heterocycles. The maximum atomic E-state index is 12.3. The number of amides is 1. The van der Waals surface area contributed by atoms with Crippen LogP contribution in [-0.4, -0.2) is 33.0 Å². The van der Waals surface area contributed by atoms with Crippen molar-refractivity contribution in [1.29, 1.82) is 0 Å². The lowest BCUT2D eigenvalue weighted by Crippen LogP contribution is -2.26. The normalized spacial score (nSPS) is 13.9. The molecule has 2 N–H and O–H groups in total. The van der Waals surface area contributed by atoms with E-state index in [0.717, 1.165) is 12.2 Å². The predicted octanol–water partition coefficient (Wildman–Crippen LogP) is 1.87. The monoisotopic (exact) mass is 334 g/mol. The van der Waals surface area contributed by atoms with E-state index in [9.17, 15) is 9.59 Å².